The number of halogens is 1. The Morgan fingerprint density at radius 2 is 1.61 bits per heavy atom. The molecule has 5 N–H and O–H groups in total. The number of aliphatic hydroxyl groups excluding tert-OH is 3. The van der Waals surface area contributed by atoms with Gasteiger partial charge in [0.1, 0.15) is 61.1 Å². The number of ether oxygens (including phenoxy) is 8. The molecule has 3 aliphatic rings. The average molecular weight is 1140 g/mol. The number of hydrogen-bond acceptors (Lipinski definition) is 21. The fourth-order valence-electron chi connectivity index (χ4n) is 12.0. The molecule has 0 radical (unpaired) electrons. The second-order valence-electron chi connectivity index (χ2n) is 23.5. The molecule has 80 heavy (non-hydrogen) atoms. The SMILES string of the molecule is CC[C@H]1OC(=O)[C@H](C)[C@@H](O[C@H]2C[C@@](C)(OC)[C@@H](O)[C@H](C)O2)[C@H](C)[C@@H](O[C@@H]2O[C@H](C)C[C@H](N(C)CCc3cn(C(CF)[C@H](OC)c4ccc(-n5cc(COC(C)=O)nn5)cc4)nn3)[C@H]2O)[C@](C)(O)C[C@@H](C)CN(C)[C@H](C)[C@@H](O)[C@]1(C)O. The molecule has 0 bridgehead atoms. The fraction of sp³-hybridized carbons (Fsp3) is 0.786. The number of methoxy groups -OCH3 is 2. The van der Waals surface area contributed by atoms with Gasteiger partial charge in [-0.3, -0.25) is 9.59 Å². The van der Waals surface area contributed by atoms with Gasteiger partial charge in [0, 0.05) is 71.3 Å². The topological polar surface area (TPSA) is 277 Å². The molecule has 3 aromatic rings. The van der Waals surface area contributed by atoms with E-state index in [0.717, 1.165) is 0 Å². The third-order valence-corrected chi connectivity index (χ3v) is 16.9. The zero-order valence-electron chi connectivity index (χ0n) is 49.4. The van der Waals surface area contributed by atoms with Gasteiger partial charge >= 0.3 is 11.9 Å². The monoisotopic (exact) mass is 1130 g/mol. The van der Waals surface area contributed by atoms with Crippen LogP contribution in [0.4, 0.5) is 4.39 Å². The summed E-state index contributed by atoms with van der Waals surface area (Å²) in [6, 6.07) is 5.21. The minimum absolute atomic E-state index is 0.00802. The maximum atomic E-state index is 15.0. The maximum absolute atomic E-state index is 15.0. The highest BCUT2D eigenvalue weighted by Crippen LogP contribution is 2.41. The van der Waals surface area contributed by atoms with Gasteiger partial charge in [-0.15, -0.1) is 10.2 Å². The van der Waals surface area contributed by atoms with Crippen LogP contribution in [0.15, 0.2) is 36.7 Å². The van der Waals surface area contributed by atoms with Crippen LogP contribution in [0, 0.1) is 17.8 Å². The summed E-state index contributed by atoms with van der Waals surface area (Å²) in [6.07, 6.45) is -6.71. The van der Waals surface area contributed by atoms with E-state index in [9.17, 15) is 35.1 Å². The van der Waals surface area contributed by atoms with E-state index in [0.29, 0.717) is 48.6 Å². The van der Waals surface area contributed by atoms with Gasteiger partial charge in [0.2, 0.25) is 0 Å². The molecule has 6 rings (SSSR count). The molecule has 0 saturated carbocycles. The van der Waals surface area contributed by atoms with E-state index in [4.69, 9.17) is 37.9 Å². The fourth-order valence-corrected chi connectivity index (χ4v) is 12.0. The number of rotatable bonds is 18. The summed E-state index contributed by atoms with van der Waals surface area (Å²) in [6.45, 7) is 18.6. The molecular formula is C56H91FN8O15. The quantitative estimate of drug-likeness (QED) is 0.114. The molecular weight excluding hydrogens is 1040 g/mol. The van der Waals surface area contributed by atoms with Crippen LogP contribution in [0.2, 0.25) is 0 Å². The normalized spacial score (nSPS) is 37.1. The zero-order valence-corrected chi connectivity index (χ0v) is 49.4. The van der Waals surface area contributed by atoms with Crippen molar-refractivity contribution in [1.82, 2.24) is 39.8 Å². The van der Waals surface area contributed by atoms with Crippen LogP contribution in [0.5, 0.6) is 0 Å². The Balaban J connectivity index is 1.23. The minimum Gasteiger partial charge on any atom is -0.459 e. The zero-order chi connectivity index (χ0) is 59.2. The molecule has 3 saturated heterocycles. The third-order valence-electron chi connectivity index (χ3n) is 16.9. The predicted molar refractivity (Wildman–Crippen MR) is 288 cm³/mol. The first kappa shape index (κ1) is 65.0. The van der Waals surface area contributed by atoms with E-state index in [2.05, 4.69) is 20.6 Å². The lowest BCUT2D eigenvalue weighted by molar-refractivity contribution is -0.318. The molecule has 20 atom stereocenters. The second-order valence-corrected chi connectivity index (χ2v) is 23.5. The lowest BCUT2D eigenvalue weighted by atomic mass is 9.77. The first-order chi connectivity index (χ1) is 37.6. The van der Waals surface area contributed by atoms with Crippen LogP contribution in [-0.2, 0) is 60.5 Å². The number of cyclic esters (lactones) is 1. The van der Waals surface area contributed by atoms with Crippen molar-refractivity contribution in [3.8, 4) is 5.69 Å². The number of likely N-dealkylation sites (N-methyl/N-ethyl adjacent to an activating group) is 2. The highest BCUT2D eigenvalue weighted by Gasteiger charge is 2.53. The van der Waals surface area contributed by atoms with Gasteiger partial charge in [-0.1, -0.05) is 43.3 Å². The van der Waals surface area contributed by atoms with Gasteiger partial charge in [0.15, 0.2) is 12.6 Å². The van der Waals surface area contributed by atoms with Crippen LogP contribution in [0.1, 0.15) is 131 Å². The van der Waals surface area contributed by atoms with Crippen molar-refractivity contribution < 1.29 is 77.4 Å². The van der Waals surface area contributed by atoms with Gasteiger partial charge < -0.3 is 73.2 Å². The number of aliphatic hydroxyl groups is 5. The first-order valence-corrected chi connectivity index (χ1v) is 28.0. The Bertz CT molecular complexity index is 2430. The molecule has 24 heteroatoms. The highest BCUT2D eigenvalue weighted by molar-refractivity contribution is 5.73. The number of carbonyl (C=O) groups is 2. The second kappa shape index (κ2) is 27.5. The van der Waals surface area contributed by atoms with Crippen molar-refractivity contribution in [1.29, 1.82) is 0 Å². The molecule has 0 spiro atoms. The summed E-state index contributed by atoms with van der Waals surface area (Å²) in [7, 11) is 6.68. The molecule has 23 nitrogen and oxygen atoms in total. The molecule has 452 valence electrons. The van der Waals surface area contributed by atoms with Crippen LogP contribution in [0.3, 0.4) is 0 Å². The number of nitrogens with zero attached hydrogens (tertiary/aromatic N) is 8. The van der Waals surface area contributed by atoms with Crippen LogP contribution in [-0.4, -0.2) is 216 Å². The molecule has 3 aliphatic heterocycles. The van der Waals surface area contributed by atoms with E-state index >= 15 is 4.39 Å². The van der Waals surface area contributed by atoms with E-state index in [1.54, 1.807) is 85.1 Å². The third kappa shape index (κ3) is 15.1. The lowest BCUT2D eigenvalue weighted by Crippen LogP contribution is -2.61. The predicted octanol–water partition coefficient (Wildman–Crippen LogP) is 3.65. The number of alkyl halides is 1. The summed E-state index contributed by atoms with van der Waals surface area (Å²) in [5.41, 5.74) is -2.22. The number of carbonyl (C=O) groups excluding carboxylic acids is 2. The largest absolute Gasteiger partial charge is 0.459 e. The van der Waals surface area contributed by atoms with Gasteiger partial charge in [-0.25, -0.2) is 13.8 Å². The number of hydrogen-bond donors (Lipinski definition) is 5. The summed E-state index contributed by atoms with van der Waals surface area (Å²) >= 11 is 0. The van der Waals surface area contributed by atoms with Crippen molar-refractivity contribution in [3.05, 3.63) is 53.6 Å². The smallest absolute Gasteiger partial charge is 0.311 e. The summed E-state index contributed by atoms with van der Waals surface area (Å²) in [5.74, 6) is -3.36. The summed E-state index contributed by atoms with van der Waals surface area (Å²) < 4.78 is 67.2. The minimum atomic E-state index is -1.86. The molecule has 0 aliphatic carbocycles. The average Bonchev–Trinajstić information content (AvgIpc) is 4.14. The van der Waals surface area contributed by atoms with Crippen molar-refractivity contribution >= 4 is 11.9 Å². The Labute approximate surface area is 470 Å². The standard InChI is InChI=1S/C56H91FN8O15/c1-16-44-56(11,72)49(68)35(6)63(13)27-31(2)24-54(9,71)51(33(4)47(34(5)52(70)78-44)79-45-25-55(10,74-15)50(69)36(7)77-45)80-53-46(67)42(23-32(3)76-53)62(12)22-21-39-28-65(61-58-39)43(26-57)48(73-14)38-17-19-41(20-18-38)64-29-40(59-60-64)30-75-37(8)66/h17-20,28-29,31-36,42-51,53,67-69,71-72H,16,21-27,30H2,1-15H3/t31-,32-,33+,34-,35-,36+,42+,43?,44-,45+,46-,47+,48-,49-,50+,51-,53+,54-,55-,56-/m1/s1. The Morgan fingerprint density at radius 1 is 0.938 bits per heavy atom. The van der Waals surface area contributed by atoms with E-state index in [-0.39, 0.29) is 31.8 Å². The molecule has 5 heterocycles. The number of aromatic nitrogens is 6. The molecule has 2 aromatic heterocycles. The maximum Gasteiger partial charge on any atom is 0.311 e. The van der Waals surface area contributed by atoms with Gasteiger partial charge in [0.05, 0.1) is 59.1 Å². The van der Waals surface area contributed by atoms with Crippen LogP contribution < -0.4 is 0 Å². The van der Waals surface area contributed by atoms with Crippen molar-refractivity contribution in [2.75, 3.05) is 48.1 Å². The summed E-state index contributed by atoms with van der Waals surface area (Å²) in [5, 5.41) is 76.8. The number of esters is 2. The Kier molecular flexibility index (Phi) is 22.3. The van der Waals surface area contributed by atoms with E-state index in [1.807, 2.05) is 37.7 Å². The Hall–Kier alpha value is -4.15. The van der Waals surface area contributed by atoms with E-state index in [1.165, 1.54) is 37.4 Å². The van der Waals surface area contributed by atoms with Gasteiger partial charge in [0.25, 0.3) is 0 Å². The van der Waals surface area contributed by atoms with Crippen LogP contribution >= 0.6 is 0 Å². The van der Waals surface area contributed by atoms with E-state index < -0.39 is 133 Å². The lowest BCUT2D eigenvalue weighted by Gasteiger charge is -2.49. The molecule has 3 fully saturated rings. The molecule has 1 unspecified atom stereocenters. The number of benzene rings is 1. The van der Waals surface area contributed by atoms with Crippen molar-refractivity contribution in [2.24, 2.45) is 17.8 Å². The highest BCUT2D eigenvalue weighted by atomic mass is 19.1. The van der Waals surface area contributed by atoms with Crippen molar-refractivity contribution in [2.45, 2.75) is 217 Å². The van der Waals surface area contributed by atoms with Crippen LogP contribution in [0.25, 0.3) is 5.69 Å². The molecule has 1 aromatic carbocycles. The van der Waals surface area contributed by atoms with Crippen molar-refractivity contribution in [3.63, 3.8) is 0 Å². The van der Waals surface area contributed by atoms with Gasteiger partial charge in [-0.2, -0.15) is 0 Å². The van der Waals surface area contributed by atoms with Gasteiger partial charge in [-0.05, 0) is 105 Å². The first-order valence-electron chi connectivity index (χ1n) is 28.0. The molecule has 0 amide bonds. The Morgan fingerprint density at radius 3 is 2.24 bits per heavy atom. The summed E-state index contributed by atoms with van der Waals surface area (Å²) in [4.78, 5) is 29.7.